The Kier molecular flexibility index (Phi) is 5.58. The minimum absolute atomic E-state index is 0.146. The van der Waals surface area contributed by atoms with Gasteiger partial charge in [0.25, 0.3) is 0 Å². The molecule has 0 saturated carbocycles. The van der Waals surface area contributed by atoms with E-state index in [0.717, 1.165) is 17.5 Å². The van der Waals surface area contributed by atoms with Crippen molar-refractivity contribution < 1.29 is 5.11 Å². The van der Waals surface area contributed by atoms with Gasteiger partial charge in [-0.05, 0) is 31.4 Å². The Morgan fingerprint density at radius 2 is 2.39 bits per heavy atom. The molecule has 2 rings (SSSR count). The summed E-state index contributed by atoms with van der Waals surface area (Å²) in [6, 6.07) is 4.99. The monoisotopic (exact) mass is 281 g/mol. The lowest BCUT2D eigenvalue weighted by Crippen LogP contribution is -2.30. The predicted octanol–water partition coefficient (Wildman–Crippen LogP) is 2.42. The van der Waals surface area contributed by atoms with Crippen LogP contribution in [0, 0.1) is 11.8 Å². The second-order valence-corrected chi connectivity index (χ2v) is 6.79. The third kappa shape index (κ3) is 4.03. The number of thioether (sulfide) groups is 1. The number of thiophene rings is 1. The fourth-order valence-electron chi connectivity index (χ4n) is 1.98. The Balaban J connectivity index is 1.88. The topological polar surface area (TPSA) is 23.5 Å². The normalized spacial score (nSPS) is 18.9. The van der Waals surface area contributed by atoms with Crippen molar-refractivity contribution in [2.24, 2.45) is 0 Å². The Hall–Kier alpha value is -0.470. The van der Waals surface area contributed by atoms with Crippen LogP contribution in [0.25, 0.3) is 0 Å². The fourth-order valence-corrected chi connectivity index (χ4v) is 4.22. The van der Waals surface area contributed by atoms with Crippen LogP contribution in [-0.4, -0.2) is 41.2 Å². The molecule has 0 radical (unpaired) electrons. The van der Waals surface area contributed by atoms with Crippen LogP contribution in [0.1, 0.15) is 22.6 Å². The Morgan fingerprint density at radius 1 is 1.50 bits per heavy atom. The average molecular weight is 281 g/mol. The van der Waals surface area contributed by atoms with Gasteiger partial charge >= 0.3 is 0 Å². The zero-order valence-electron chi connectivity index (χ0n) is 10.7. The summed E-state index contributed by atoms with van der Waals surface area (Å²) in [5.74, 6) is 8.63. The zero-order valence-corrected chi connectivity index (χ0v) is 12.3. The van der Waals surface area contributed by atoms with E-state index in [2.05, 4.69) is 47.7 Å². The summed E-state index contributed by atoms with van der Waals surface area (Å²) in [6.45, 7) is 1.17. The molecular weight excluding hydrogens is 262 g/mol. The largest absolute Gasteiger partial charge is 0.395 e. The molecule has 0 aromatic carbocycles. The molecule has 1 saturated heterocycles. The molecule has 0 spiro atoms. The van der Waals surface area contributed by atoms with Crippen molar-refractivity contribution in [3.05, 3.63) is 21.9 Å². The lowest BCUT2D eigenvalue weighted by molar-refractivity contribution is 0.256. The van der Waals surface area contributed by atoms with Gasteiger partial charge in [-0.1, -0.05) is 11.8 Å². The van der Waals surface area contributed by atoms with Crippen LogP contribution < -0.4 is 0 Å². The highest BCUT2D eigenvalue weighted by Gasteiger charge is 2.20. The molecule has 0 aliphatic carbocycles. The maximum atomic E-state index is 8.68. The van der Waals surface area contributed by atoms with Gasteiger partial charge in [0.1, 0.15) is 0 Å². The summed E-state index contributed by atoms with van der Waals surface area (Å²) >= 11 is 3.82. The van der Waals surface area contributed by atoms with E-state index < -0.39 is 0 Å². The van der Waals surface area contributed by atoms with Crippen molar-refractivity contribution in [3.63, 3.8) is 0 Å². The van der Waals surface area contributed by atoms with Crippen molar-refractivity contribution in [2.45, 2.75) is 25.4 Å². The van der Waals surface area contributed by atoms with Crippen molar-refractivity contribution >= 4 is 23.1 Å². The van der Waals surface area contributed by atoms with Gasteiger partial charge in [-0.3, -0.25) is 4.90 Å². The molecule has 1 aromatic rings. The minimum atomic E-state index is 0.146. The first-order valence-electron chi connectivity index (χ1n) is 6.26. The third-order valence-corrected chi connectivity index (χ3v) is 5.17. The molecule has 1 aromatic heterocycles. The highest BCUT2D eigenvalue weighted by molar-refractivity contribution is 7.99. The van der Waals surface area contributed by atoms with Crippen LogP contribution in [0.5, 0.6) is 0 Å². The summed E-state index contributed by atoms with van der Waals surface area (Å²) in [6.07, 6.45) is 1.88. The molecule has 0 bridgehead atoms. The van der Waals surface area contributed by atoms with Crippen LogP contribution in [0.3, 0.4) is 0 Å². The van der Waals surface area contributed by atoms with Gasteiger partial charge < -0.3 is 5.11 Å². The number of rotatable bonds is 4. The standard InChI is InChI=1S/C14H19NOS2/c1-15(12-7-9-17-11-12)10-14-6-5-13(18-14)4-2-3-8-16/h5-6,12,16H,3,7-11H2,1H3. The Bertz CT molecular complexity index is 426. The SMILES string of the molecule is CN(Cc1ccc(C#CCCO)s1)C1CCSC1. The maximum absolute atomic E-state index is 8.68. The predicted molar refractivity (Wildman–Crippen MR) is 80.1 cm³/mol. The van der Waals surface area contributed by atoms with Crippen molar-refractivity contribution in [1.82, 2.24) is 4.90 Å². The third-order valence-electron chi connectivity index (χ3n) is 3.04. The van der Waals surface area contributed by atoms with Gasteiger partial charge in [0.05, 0.1) is 11.5 Å². The van der Waals surface area contributed by atoms with E-state index in [4.69, 9.17) is 5.11 Å². The highest BCUT2D eigenvalue weighted by atomic mass is 32.2. The molecule has 2 nitrogen and oxygen atoms in total. The molecule has 1 aliphatic rings. The molecule has 1 unspecified atom stereocenters. The van der Waals surface area contributed by atoms with Gasteiger partial charge in [0.15, 0.2) is 0 Å². The van der Waals surface area contributed by atoms with Crippen LogP contribution in [-0.2, 0) is 6.54 Å². The number of hydrogen-bond acceptors (Lipinski definition) is 4. The first kappa shape index (κ1) is 14.0. The molecular formula is C14H19NOS2. The number of aliphatic hydroxyl groups excluding tert-OH is 1. The molecule has 0 amide bonds. The summed E-state index contributed by atoms with van der Waals surface area (Å²) in [5, 5.41) is 8.68. The van der Waals surface area contributed by atoms with E-state index in [1.54, 1.807) is 11.3 Å². The van der Waals surface area contributed by atoms with Gasteiger partial charge in [-0.25, -0.2) is 0 Å². The van der Waals surface area contributed by atoms with E-state index in [0.29, 0.717) is 6.42 Å². The van der Waals surface area contributed by atoms with Crippen molar-refractivity contribution in [2.75, 3.05) is 25.2 Å². The summed E-state index contributed by atoms with van der Waals surface area (Å²) in [4.78, 5) is 4.94. The van der Waals surface area contributed by atoms with Gasteiger partial charge in [-0.15, -0.1) is 11.3 Å². The van der Waals surface area contributed by atoms with E-state index in [1.807, 2.05) is 0 Å². The summed E-state index contributed by atoms with van der Waals surface area (Å²) in [7, 11) is 2.22. The van der Waals surface area contributed by atoms with E-state index in [1.165, 1.54) is 22.8 Å². The number of aliphatic hydroxyl groups is 1. The molecule has 98 valence electrons. The molecule has 4 heteroatoms. The van der Waals surface area contributed by atoms with Gasteiger partial charge in [-0.2, -0.15) is 11.8 Å². The zero-order chi connectivity index (χ0) is 12.8. The van der Waals surface area contributed by atoms with E-state index in [9.17, 15) is 0 Å². The molecule has 1 N–H and O–H groups in total. The second kappa shape index (κ2) is 7.20. The smallest absolute Gasteiger partial charge is 0.0771 e. The Morgan fingerprint density at radius 3 is 3.11 bits per heavy atom. The number of nitrogens with zero attached hydrogens (tertiary/aromatic N) is 1. The van der Waals surface area contributed by atoms with Gasteiger partial charge in [0, 0.05) is 29.6 Å². The van der Waals surface area contributed by atoms with Crippen LogP contribution >= 0.6 is 23.1 Å². The second-order valence-electron chi connectivity index (χ2n) is 4.47. The summed E-state index contributed by atoms with van der Waals surface area (Å²) < 4.78 is 0. The first-order valence-corrected chi connectivity index (χ1v) is 8.23. The van der Waals surface area contributed by atoms with E-state index in [-0.39, 0.29) is 6.61 Å². The summed E-state index contributed by atoms with van der Waals surface area (Å²) in [5.41, 5.74) is 0. The van der Waals surface area contributed by atoms with Gasteiger partial charge in [0.2, 0.25) is 0 Å². The molecule has 1 atom stereocenters. The minimum Gasteiger partial charge on any atom is -0.395 e. The molecule has 2 heterocycles. The van der Waals surface area contributed by atoms with E-state index >= 15 is 0 Å². The quantitative estimate of drug-likeness (QED) is 0.858. The lowest BCUT2D eigenvalue weighted by atomic mass is 10.2. The Labute approximate surface area is 117 Å². The van der Waals surface area contributed by atoms with Crippen LogP contribution in [0.15, 0.2) is 12.1 Å². The fraction of sp³-hybridized carbons (Fsp3) is 0.571. The molecule has 18 heavy (non-hydrogen) atoms. The average Bonchev–Trinajstić information content (AvgIpc) is 3.00. The first-order chi connectivity index (χ1) is 8.79. The van der Waals surface area contributed by atoms with Crippen LogP contribution in [0.2, 0.25) is 0 Å². The maximum Gasteiger partial charge on any atom is 0.0771 e. The highest BCUT2D eigenvalue weighted by Crippen LogP contribution is 2.24. The van der Waals surface area contributed by atoms with Crippen LogP contribution in [0.4, 0.5) is 0 Å². The lowest BCUT2D eigenvalue weighted by Gasteiger charge is -2.22. The van der Waals surface area contributed by atoms with Crippen molar-refractivity contribution in [3.8, 4) is 11.8 Å². The molecule has 1 aliphatic heterocycles. The number of hydrogen-bond donors (Lipinski definition) is 1. The molecule has 1 fully saturated rings. The van der Waals surface area contributed by atoms with Crippen molar-refractivity contribution in [1.29, 1.82) is 0 Å².